The van der Waals surface area contributed by atoms with Crippen molar-refractivity contribution in [2.24, 2.45) is 0 Å². The number of carbonyl (C=O) groups is 1. The first-order valence-corrected chi connectivity index (χ1v) is 9.19. The number of rotatable bonds is 7. The lowest BCUT2D eigenvalue weighted by molar-refractivity contribution is -0.120. The number of thioether (sulfide) groups is 1. The lowest BCUT2D eigenvalue weighted by atomic mass is 10.2. The monoisotopic (exact) mass is 386 g/mol. The van der Waals surface area contributed by atoms with Gasteiger partial charge >= 0.3 is 0 Å². The Bertz CT molecular complexity index is 897. The summed E-state index contributed by atoms with van der Waals surface area (Å²) in [4.78, 5) is 16.7. The number of benzene rings is 2. The van der Waals surface area contributed by atoms with E-state index >= 15 is 0 Å². The zero-order chi connectivity index (χ0) is 19.2. The second-order valence-corrected chi connectivity index (χ2v) is 7.11. The highest BCUT2D eigenvalue weighted by Crippen LogP contribution is 2.24. The molecule has 2 aromatic carbocycles. The summed E-state index contributed by atoms with van der Waals surface area (Å²) in [5.41, 5.74) is 1.71. The second-order valence-electron chi connectivity index (χ2n) is 5.80. The van der Waals surface area contributed by atoms with Gasteiger partial charge in [-0.2, -0.15) is 0 Å². The fraction of sp³-hybridized carbons (Fsp3) is 0.211. The zero-order valence-electron chi connectivity index (χ0n) is 14.9. The van der Waals surface area contributed by atoms with Crippen LogP contribution >= 0.6 is 11.8 Å². The van der Waals surface area contributed by atoms with Crippen molar-refractivity contribution in [1.29, 1.82) is 0 Å². The molecule has 0 unspecified atom stereocenters. The van der Waals surface area contributed by atoms with Crippen LogP contribution in [-0.2, 0) is 11.3 Å². The lowest BCUT2D eigenvalue weighted by Crippen LogP contribution is -2.30. The SMILES string of the molecule is COc1ccc(-c2nc(S[C@@H](C)C(=O)NCc3ccc(F)cc3)n[nH]2)cc1. The number of amides is 1. The molecule has 1 heterocycles. The van der Waals surface area contributed by atoms with Crippen LogP contribution in [0.2, 0.25) is 0 Å². The Morgan fingerprint density at radius 1 is 1.22 bits per heavy atom. The number of hydrogen-bond acceptors (Lipinski definition) is 5. The van der Waals surface area contributed by atoms with Crippen LogP contribution in [0.1, 0.15) is 12.5 Å². The van der Waals surface area contributed by atoms with Gasteiger partial charge < -0.3 is 10.1 Å². The van der Waals surface area contributed by atoms with Gasteiger partial charge in [-0.25, -0.2) is 9.37 Å². The van der Waals surface area contributed by atoms with Crippen molar-refractivity contribution in [2.45, 2.75) is 23.9 Å². The van der Waals surface area contributed by atoms with Crippen LogP contribution in [-0.4, -0.2) is 33.4 Å². The first-order chi connectivity index (χ1) is 13.0. The standard InChI is InChI=1S/C19H19FN4O2S/c1-12(18(25)21-11-13-3-7-15(20)8-4-13)27-19-22-17(23-24-19)14-5-9-16(26-2)10-6-14/h3-10,12H,11H2,1-2H3,(H,21,25)(H,22,23,24)/t12-/m0/s1. The third-order valence-corrected chi connectivity index (χ3v) is 4.82. The van der Waals surface area contributed by atoms with E-state index in [1.165, 1.54) is 23.9 Å². The third kappa shape index (κ3) is 5.07. The molecule has 0 spiro atoms. The molecule has 0 fully saturated rings. The number of aromatic amines is 1. The fourth-order valence-electron chi connectivity index (χ4n) is 2.32. The minimum Gasteiger partial charge on any atom is -0.497 e. The Morgan fingerprint density at radius 3 is 2.59 bits per heavy atom. The largest absolute Gasteiger partial charge is 0.497 e. The van der Waals surface area contributed by atoms with E-state index in [-0.39, 0.29) is 17.0 Å². The maximum Gasteiger partial charge on any atom is 0.233 e. The van der Waals surface area contributed by atoms with Crippen LogP contribution in [0.15, 0.2) is 53.7 Å². The first kappa shape index (κ1) is 18.9. The third-order valence-electron chi connectivity index (χ3n) is 3.86. The predicted octanol–water partition coefficient (Wildman–Crippen LogP) is 3.42. The van der Waals surface area contributed by atoms with Crippen LogP contribution in [0.5, 0.6) is 5.75 Å². The molecule has 3 aromatic rings. The minimum absolute atomic E-state index is 0.139. The highest BCUT2D eigenvalue weighted by Gasteiger charge is 2.17. The van der Waals surface area contributed by atoms with Crippen molar-refractivity contribution in [1.82, 2.24) is 20.5 Å². The van der Waals surface area contributed by atoms with Gasteiger partial charge in [-0.1, -0.05) is 23.9 Å². The molecule has 1 aromatic heterocycles. The van der Waals surface area contributed by atoms with Crippen LogP contribution < -0.4 is 10.1 Å². The summed E-state index contributed by atoms with van der Waals surface area (Å²) in [6.07, 6.45) is 0. The molecule has 6 nitrogen and oxygen atoms in total. The summed E-state index contributed by atoms with van der Waals surface area (Å²) in [5.74, 6) is 0.949. The number of methoxy groups -OCH3 is 1. The van der Waals surface area contributed by atoms with Gasteiger partial charge in [0.1, 0.15) is 11.6 Å². The summed E-state index contributed by atoms with van der Waals surface area (Å²) < 4.78 is 18.0. The van der Waals surface area contributed by atoms with Gasteiger partial charge in [0.25, 0.3) is 0 Å². The smallest absolute Gasteiger partial charge is 0.233 e. The van der Waals surface area contributed by atoms with Crippen LogP contribution in [0.4, 0.5) is 4.39 Å². The molecule has 27 heavy (non-hydrogen) atoms. The molecule has 1 amide bonds. The molecule has 0 saturated carbocycles. The average Bonchev–Trinajstić information content (AvgIpc) is 3.15. The molecule has 0 radical (unpaired) electrons. The first-order valence-electron chi connectivity index (χ1n) is 8.31. The fourth-order valence-corrected chi connectivity index (χ4v) is 3.07. The van der Waals surface area contributed by atoms with E-state index in [2.05, 4.69) is 20.5 Å². The number of hydrogen-bond donors (Lipinski definition) is 2. The number of nitrogens with zero attached hydrogens (tertiary/aromatic N) is 2. The highest BCUT2D eigenvalue weighted by atomic mass is 32.2. The molecule has 2 N–H and O–H groups in total. The second kappa shape index (κ2) is 8.68. The van der Waals surface area contributed by atoms with Crippen molar-refractivity contribution >= 4 is 17.7 Å². The molecule has 0 aliphatic carbocycles. The van der Waals surface area contributed by atoms with Gasteiger partial charge in [0, 0.05) is 12.1 Å². The summed E-state index contributed by atoms with van der Waals surface area (Å²) in [7, 11) is 1.61. The molecule has 140 valence electrons. The summed E-state index contributed by atoms with van der Waals surface area (Å²) >= 11 is 1.26. The van der Waals surface area contributed by atoms with Gasteiger partial charge in [-0.05, 0) is 48.9 Å². The minimum atomic E-state index is -0.370. The molecule has 1 atom stereocenters. The highest BCUT2D eigenvalue weighted by molar-refractivity contribution is 8.00. The summed E-state index contributed by atoms with van der Waals surface area (Å²) in [6.45, 7) is 2.13. The van der Waals surface area contributed by atoms with E-state index in [4.69, 9.17) is 4.74 Å². The average molecular weight is 386 g/mol. The molecular formula is C19H19FN4O2S. The van der Waals surface area contributed by atoms with E-state index in [1.54, 1.807) is 26.2 Å². The van der Waals surface area contributed by atoms with Crippen molar-refractivity contribution in [2.75, 3.05) is 7.11 Å². The normalized spacial score (nSPS) is 11.8. The van der Waals surface area contributed by atoms with Crippen LogP contribution in [0, 0.1) is 5.82 Å². The Labute approximate surface area is 160 Å². The van der Waals surface area contributed by atoms with E-state index < -0.39 is 0 Å². The quantitative estimate of drug-likeness (QED) is 0.608. The van der Waals surface area contributed by atoms with Gasteiger partial charge in [-0.15, -0.1) is 5.10 Å². The number of aromatic nitrogens is 3. The van der Waals surface area contributed by atoms with E-state index in [0.717, 1.165) is 16.9 Å². The predicted molar refractivity (Wildman–Crippen MR) is 102 cm³/mol. The van der Waals surface area contributed by atoms with Crippen molar-refractivity contribution in [3.05, 3.63) is 59.9 Å². The maximum absolute atomic E-state index is 12.9. The maximum atomic E-state index is 12.9. The van der Waals surface area contributed by atoms with E-state index in [1.807, 2.05) is 24.3 Å². The van der Waals surface area contributed by atoms with Crippen molar-refractivity contribution in [3.8, 4) is 17.1 Å². The number of ether oxygens (including phenoxy) is 1. The molecule has 0 aliphatic rings. The Kier molecular flexibility index (Phi) is 6.08. The number of H-pyrrole nitrogens is 1. The van der Waals surface area contributed by atoms with Gasteiger partial charge in [0.15, 0.2) is 5.82 Å². The Hall–Kier alpha value is -2.87. The Balaban J connectivity index is 1.55. The number of halogens is 1. The van der Waals surface area contributed by atoms with Crippen molar-refractivity contribution < 1.29 is 13.9 Å². The molecule has 3 rings (SSSR count). The Morgan fingerprint density at radius 2 is 1.93 bits per heavy atom. The lowest BCUT2D eigenvalue weighted by Gasteiger charge is -2.10. The van der Waals surface area contributed by atoms with Crippen LogP contribution in [0.3, 0.4) is 0 Å². The topological polar surface area (TPSA) is 79.9 Å². The van der Waals surface area contributed by atoms with Crippen LogP contribution in [0.25, 0.3) is 11.4 Å². The van der Waals surface area contributed by atoms with Gasteiger partial charge in [0.05, 0.1) is 12.4 Å². The molecule has 8 heteroatoms. The molecular weight excluding hydrogens is 367 g/mol. The van der Waals surface area contributed by atoms with E-state index in [0.29, 0.717) is 17.5 Å². The summed E-state index contributed by atoms with van der Waals surface area (Å²) in [5, 5.41) is 9.98. The van der Waals surface area contributed by atoms with E-state index in [9.17, 15) is 9.18 Å². The van der Waals surface area contributed by atoms with Gasteiger partial charge in [-0.3, -0.25) is 9.89 Å². The van der Waals surface area contributed by atoms with Gasteiger partial charge in [0.2, 0.25) is 11.1 Å². The van der Waals surface area contributed by atoms with Crippen molar-refractivity contribution in [3.63, 3.8) is 0 Å². The molecule has 0 bridgehead atoms. The molecule has 0 saturated heterocycles. The zero-order valence-corrected chi connectivity index (χ0v) is 15.7. The number of nitrogens with one attached hydrogen (secondary N) is 2. The summed E-state index contributed by atoms with van der Waals surface area (Å²) in [6, 6.07) is 13.5. The molecule has 0 aliphatic heterocycles. The number of carbonyl (C=O) groups excluding carboxylic acids is 1.